The van der Waals surface area contributed by atoms with Gasteiger partial charge in [-0.1, -0.05) is 6.08 Å². The molecule has 0 radical (unpaired) electrons. The maximum Gasteiger partial charge on any atom is 0.239 e. The van der Waals surface area contributed by atoms with Gasteiger partial charge in [0.25, 0.3) is 0 Å². The van der Waals surface area contributed by atoms with Crippen LogP contribution < -0.4 is 5.32 Å². The Bertz CT molecular complexity index is 189. The Labute approximate surface area is 72.6 Å². The molecule has 1 N–H and O–H groups in total. The molecular weight excluding hydrogens is 152 g/mol. The normalized spacial score (nSPS) is 19.3. The van der Waals surface area contributed by atoms with E-state index >= 15 is 0 Å². The van der Waals surface area contributed by atoms with Gasteiger partial charge in [-0.05, 0) is 38.3 Å². The number of hydrogen-bond donors (Lipinski definition) is 1. The predicted octanol–water partition coefficient (Wildman–Crippen LogP) is 1.23. The molecule has 3 nitrogen and oxygen atoms in total. The van der Waals surface area contributed by atoms with Crippen molar-refractivity contribution in [3.05, 3.63) is 12.3 Å². The molecule has 0 amide bonds. The van der Waals surface area contributed by atoms with Crippen molar-refractivity contribution in [1.82, 2.24) is 5.32 Å². The maximum absolute atomic E-state index is 9.70. The highest BCUT2D eigenvalue weighted by Gasteiger charge is 2.10. The average molecular weight is 166 g/mol. The highest BCUT2D eigenvalue weighted by Crippen LogP contribution is 2.15. The second-order valence-corrected chi connectivity index (χ2v) is 3.03. The number of nitrogens with one attached hydrogen (secondary N) is 1. The summed E-state index contributed by atoms with van der Waals surface area (Å²) in [6.07, 6.45) is 8.46. The third-order valence-corrected chi connectivity index (χ3v) is 2.16. The lowest BCUT2D eigenvalue weighted by Crippen LogP contribution is -2.27. The fourth-order valence-corrected chi connectivity index (χ4v) is 1.45. The largest absolute Gasteiger partial charge is 0.317 e. The zero-order valence-corrected chi connectivity index (χ0v) is 7.12. The molecule has 1 rings (SSSR count). The minimum Gasteiger partial charge on any atom is -0.317 e. The summed E-state index contributed by atoms with van der Waals surface area (Å²) < 4.78 is 0. The van der Waals surface area contributed by atoms with E-state index in [9.17, 15) is 4.79 Å². The third-order valence-electron chi connectivity index (χ3n) is 2.16. The van der Waals surface area contributed by atoms with Crippen LogP contribution in [0.15, 0.2) is 17.3 Å². The van der Waals surface area contributed by atoms with Crippen molar-refractivity contribution in [2.24, 2.45) is 10.9 Å². The van der Waals surface area contributed by atoms with Crippen molar-refractivity contribution in [3.63, 3.8) is 0 Å². The fraction of sp³-hybridized carbons (Fsp3) is 0.667. The van der Waals surface area contributed by atoms with Crippen LogP contribution in [0.25, 0.3) is 0 Å². The highest BCUT2D eigenvalue weighted by molar-refractivity contribution is 5.34. The van der Waals surface area contributed by atoms with E-state index in [1.165, 1.54) is 25.1 Å². The van der Waals surface area contributed by atoms with Gasteiger partial charge in [-0.25, -0.2) is 4.79 Å². The van der Waals surface area contributed by atoms with Gasteiger partial charge in [-0.15, -0.1) is 0 Å². The molecule has 0 aromatic rings. The first-order valence-electron chi connectivity index (χ1n) is 4.36. The maximum atomic E-state index is 9.70. The summed E-state index contributed by atoms with van der Waals surface area (Å²) >= 11 is 0. The highest BCUT2D eigenvalue weighted by atomic mass is 16.1. The van der Waals surface area contributed by atoms with Gasteiger partial charge in [-0.2, -0.15) is 4.99 Å². The Balaban J connectivity index is 2.16. The van der Waals surface area contributed by atoms with Crippen LogP contribution in [0.2, 0.25) is 0 Å². The molecule has 0 spiro atoms. The summed E-state index contributed by atoms with van der Waals surface area (Å²) in [5, 5.41) is 3.31. The van der Waals surface area contributed by atoms with Gasteiger partial charge >= 0.3 is 0 Å². The zero-order chi connectivity index (χ0) is 8.65. The first-order valence-corrected chi connectivity index (χ1v) is 4.36. The van der Waals surface area contributed by atoms with E-state index in [2.05, 4.69) is 10.3 Å². The number of piperidine rings is 1. The van der Waals surface area contributed by atoms with E-state index in [1.807, 2.05) is 6.08 Å². The SMILES string of the molecule is O=C=N/C=C\CC1CCNCC1. The minimum atomic E-state index is 0.768. The standard InChI is InChI=1S/C9H14N2O/c12-8-11-5-1-2-9-3-6-10-7-4-9/h1,5,9-10H,2-4,6-7H2/b5-1-. The van der Waals surface area contributed by atoms with Crippen molar-refractivity contribution >= 4 is 6.08 Å². The lowest BCUT2D eigenvalue weighted by molar-refractivity contribution is 0.377. The Morgan fingerprint density at radius 2 is 2.25 bits per heavy atom. The van der Waals surface area contributed by atoms with Gasteiger partial charge in [0.1, 0.15) is 0 Å². The van der Waals surface area contributed by atoms with Crippen LogP contribution >= 0.6 is 0 Å². The van der Waals surface area contributed by atoms with E-state index in [-0.39, 0.29) is 0 Å². The zero-order valence-electron chi connectivity index (χ0n) is 7.12. The fourth-order valence-electron chi connectivity index (χ4n) is 1.45. The Hall–Kier alpha value is -0.920. The van der Waals surface area contributed by atoms with Crippen molar-refractivity contribution in [3.8, 4) is 0 Å². The third kappa shape index (κ3) is 3.46. The summed E-state index contributed by atoms with van der Waals surface area (Å²) in [5.41, 5.74) is 0. The smallest absolute Gasteiger partial charge is 0.239 e. The molecular formula is C9H14N2O. The van der Waals surface area contributed by atoms with E-state index in [0.717, 1.165) is 25.4 Å². The van der Waals surface area contributed by atoms with E-state index in [4.69, 9.17) is 0 Å². The molecule has 0 unspecified atom stereocenters. The van der Waals surface area contributed by atoms with Crippen molar-refractivity contribution in [1.29, 1.82) is 0 Å². The van der Waals surface area contributed by atoms with Gasteiger partial charge in [0, 0.05) is 6.20 Å². The Morgan fingerprint density at radius 3 is 2.92 bits per heavy atom. The molecule has 12 heavy (non-hydrogen) atoms. The predicted molar refractivity (Wildman–Crippen MR) is 47.5 cm³/mol. The molecule has 66 valence electrons. The second kappa shape index (κ2) is 5.70. The quantitative estimate of drug-likeness (QED) is 0.506. The van der Waals surface area contributed by atoms with Gasteiger partial charge in [0.2, 0.25) is 6.08 Å². The molecule has 1 fully saturated rings. The molecule has 3 heteroatoms. The minimum absolute atomic E-state index is 0.768. The lowest BCUT2D eigenvalue weighted by atomic mass is 9.95. The number of allylic oxidation sites excluding steroid dienone is 1. The Morgan fingerprint density at radius 1 is 1.50 bits per heavy atom. The molecule has 0 aromatic carbocycles. The summed E-state index contributed by atoms with van der Waals surface area (Å²) in [7, 11) is 0. The van der Waals surface area contributed by atoms with Crippen LogP contribution in [-0.2, 0) is 4.79 Å². The molecule has 1 saturated heterocycles. The Kier molecular flexibility index (Phi) is 4.35. The number of isocyanates is 1. The molecule has 0 bridgehead atoms. The van der Waals surface area contributed by atoms with Crippen molar-refractivity contribution in [2.45, 2.75) is 19.3 Å². The van der Waals surface area contributed by atoms with E-state index in [1.54, 1.807) is 0 Å². The average Bonchev–Trinajstić information content (AvgIpc) is 2.14. The number of carbonyl (C=O) groups excluding carboxylic acids is 1. The first-order chi connectivity index (χ1) is 5.93. The molecule has 1 aliphatic heterocycles. The monoisotopic (exact) mass is 166 g/mol. The van der Waals surface area contributed by atoms with Crippen LogP contribution in [0.1, 0.15) is 19.3 Å². The summed E-state index contributed by atoms with van der Waals surface area (Å²) in [6, 6.07) is 0. The molecule has 0 aliphatic carbocycles. The molecule has 0 aromatic heterocycles. The van der Waals surface area contributed by atoms with Gasteiger partial charge in [0.15, 0.2) is 0 Å². The molecule has 0 saturated carbocycles. The van der Waals surface area contributed by atoms with Crippen molar-refractivity contribution in [2.75, 3.05) is 13.1 Å². The number of nitrogens with zero attached hydrogens (tertiary/aromatic N) is 1. The molecule has 1 heterocycles. The van der Waals surface area contributed by atoms with Crippen LogP contribution in [0.4, 0.5) is 0 Å². The summed E-state index contributed by atoms with van der Waals surface area (Å²) in [5.74, 6) is 0.768. The van der Waals surface area contributed by atoms with Gasteiger partial charge in [-0.3, -0.25) is 0 Å². The van der Waals surface area contributed by atoms with Crippen LogP contribution in [-0.4, -0.2) is 19.2 Å². The van der Waals surface area contributed by atoms with Crippen molar-refractivity contribution < 1.29 is 4.79 Å². The first kappa shape index (κ1) is 9.17. The number of rotatable bonds is 3. The second-order valence-electron chi connectivity index (χ2n) is 3.03. The number of hydrogen-bond acceptors (Lipinski definition) is 3. The van der Waals surface area contributed by atoms with Gasteiger partial charge in [0.05, 0.1) is 0 Å². The van der Waals surface area contributed by atoms with Gasteiger partial charge < -0.3 is 5.32 Å². The summed E-state index contributed by atoms with van der Waals surface area (Å²) in [6.45, 7) is 2.24. The number of aliphatic imine (C=N–C) groups is 1. The van der Waals surface area contributed by atoms with Crippen LogP contribution in [0.3, 0.4) is 0 Å². The molecule has 0 atom stereocenters. The topological polar surface area (TPSA) is 41.5 Å². The van der Waals surface area contributed by atoms with Crippen LogP contribution in [0, 0.1) is 5.92 Å². The molecule has 1 aliphatic rings. The lowest BCUT2D eigenvalue weighted by Gasteiger charge is -2.20. The van der Waals surface area contributed by atoms with Crippen LogP contribution in [0.5, 0.6) is 0 Å². The summed E-state index contributed by atoms with van der Waals surface area (Å²) in [4.78, 5) is 13.1. The van der Waals surface area contributed by atoms with E-state index < -0.39 is 0 Å². The van der Waals surface area contributed by atoms with E-state index in [0.29, 0.717) is 0 Å².